The molecule has 1 aliphatic carbocycles. The Kier molecular flexibility index (Phi) is 8.04. The Balaban J connectivity index is 0.00000220. The number of piperazine rings is 1. The van der Waals surface area contributed by atoms with Gasteiger partial charge in [0, 0.05) is 32.6 Å². The highest BCUT2D eigenvalue weighted by Crippen LogP contribution is 2.28. The molecule has 2 rings (SSSR count). The minimum absolute atomic E-state index is 0. The molecule has 1 heterocycles. The van der Waals surface area contributed by atoms with E-state index < -0.39 is 0 Å². The van der Waals surface area contributed by atoms with E-state index in [1.807, 2.05) is 9.80 Å². The summed E-state index contributed by atoms with van der Waals surface area (Å²) in [6.07, 6.45) is 7.03. The first-order valence-electron chi connectivity index (χ1n) is 7.91. The van der Waals surface area contributed by atoms with Crippen LogP contribution in [0.5, 0.6) is 0 Å². The summed E-state index contributed by atoms with van der Waals surface area (Å²) < 4.78 is 0. The molecule has 0 spiro atoms. The van der Waals surface area contributed by atoms with Crippen molar-refractivity contribution >= 4 is 24.2 Å². The fourth-order valence-corrected chi connectivity index (χ4v) is 3.25. The van der Waals surface area contributed by atoms with E-state index in [0.717, 1.165) is 12.3 Å². The van der Waals surface area contributed by atoms with Crippen molar-refractivity contribution in [2.75, 3.05) is 39.8 Å². The summed E-state index contributed by atoms with van der Waals surface area (Å²) in [7, 11) is 1.78. The van der Waals surface area contributed by atoms with E-state index in [0.29, 0.717) is 39.1 Å². The molecule has 0 aromatic heterocycles. The molecule has 0 radical (unpaired) electrons. The Bertz CT molecular complexity index is 338. The van der Waals surface area contributed by atoms with Crippen LogP contribution in [0, 0.1) is 5.92 Å². The normalized spacial score (nSPS) is 19.5. The van der Waals surface area contributed by atoms with Gasteiger partial charge in [0.2, 0.25) is 11.8 Å². The number of hydrogen-bond acceptors (Lipinski definition) is 3. The highest BCUT2D eigenvalue weighted by Gasteiger charge is 2.24. The van der Waals surface area contributed by atoms with Gasteiger partial charge < -0.3 is 15.1 Å². The van der Waals surface area contributed by atoms with Gasteiger partial charge in [-0.3, -0.25) is 9.59 Å². The van der Waals surface area contributed by atoms with Gasteiger partial charge in [-0.25, -0.2) is 0 Å². The number of rotatable bonds is 5. The van der Waals surface area contributed by atoms with E-state index in [-0.39, 0.29) is 24.2 Å². The Morgan fingerprint density at radius 2 is 1.52 bits per heavy atom. The molecule has 0 aromatic carbocycles. The van der Waals surface area contributed by atoms with E-state index >= 15 is 0 Å². The average molecular weight is 318 g/mol. The van der Waals surface area contributed by atoms with Crippen molar-refractivity contribution in [3.05, 3.63) is 0 Å². The maximum absolute atomic E-state index is 12.2. The molecule has 1 N–H and O–H groups in total. The van der Waals surface area contributed by atoms with Gasteiger partial charge in [0.15, 0.2) is 0 Å². The van der Waals surface area contributed by atoms with Gasteiger partial charge in [-0.15, -0.1) is 12.4 Å². The molecule has 2 fully saturated rings. The van der Waals surface area contributed by atoms with Gasteiger partial charge >= 0.3 is 0 Å². The Morgan fingerprint density at radius 1 is 1.00 bits per heavy atom. The molecule has 1 saturated heterocycles. The highest BCUT2D eigenvalue weighted by molar-refractivity contribution is 5.85. The SMILES string of the molecule is CNCC(=O)N1CCN(C(=O)CCC2CCCC2)CC1.Cl. The zero-order valence-corrected chi connectivity index (χ0v) is 13.8. The predicted octanol–water partition coefficient (Wildman–Crippen LogP) is 1.27. The first kappa shape index (κ1) is 18.2. The second-order valence-corrected chi connectivity index (χ2v) is 5.98. The smallest absolute Gasteiger partial charge is 0.236 e. The molecule has 2 aliphatic rings. The first-order valence-corrected chi connectivity index (χ1v) is 7.91. The number of hydrogen-bond donors (Lipinski definition) is 1. The van der Waals surface area contributed by atoms with Crippen LogP contribution >= 0.6 is 12.4 Å². The van der Waals surface area contributed by atoms with Crippen molar-refractivity contribution < 1.29 is 9.59 Å². The van der Waals surface area contributed by atoms with Crippen LogP contribution in [-0.2, 0) is 9.59 Å². The van der Waals surface area contributed by atoms with Crippen LogP contribution in [0.15, 0.2) is 0 Å². The lowest BCUT2D eigenvalue weighted by Gasteiger charge is -2.35. The van der Waals surface area contributed by atoms with Crippen molar-refractivity contribution in [1.82, 2.24) is 15.1 Å². The predicted molar refractivity (Wildman–Crippen MR) is 85.5 cm³/mol. The summed E-state index contributed by atoms with van der Waals surface area (Å²) in [6, 6.07) is 0. The number of amides is 2. The third-order valence-electron chi connectivity index (χ3n) is 4.55. The monoisotopic (exact) mass is 317 g/mol. The lowest BCUT2D eigenvalue weighted by atomic mass is 10.0. The first-order chi connectivity index (χ1) is 9.70. The topological polar surface area (TPSA) is 52.7 Å². The molecule has 0 aromatic rings. The van der Waals surface area contributed by atoms with Crippen LogP contribution in [0.1, 0.15) is 38.5 Å². The van der Waals surface area contributed by atoms with E-state index in [9.17, 15) is 9.59 Å². The van der Waals surface area contributed by atoms with Crippen LogP contribution in [0.3, 0.4) is 0 Å². The van der Waals surface area contributed by atoms with Gasteiger partial charge in [-0.2, -0.15) is 0 Å². The highest BCUT2D eigenvalue weighted by atomic mass is 35.5. The lowest BCUT2D eigenvalue weighted by Crippen LogP contribution is -2.52. The molecule has 0 atom stereocenters. The van der Waals surface area contributed by atoms with Gasteiger partial charge in [-0.1, -0.05) is 25.7 Å². The number of halogens is 1. The lowest BCUT2D eigenvalue weighted by molar-refractivity contribution is -0.139. The molecule has 122 valence electrons. The summed E-state index contributed by atoms with van der Waals surface area (Å²) >= 11 is 0. The minimum atomic E-state index is 0. The fourth-order valence-electron chi connectivity index (χ4n) is 3.25. The van der Waals surface area contributed by atoms with Gasteiger partial charge in [0.1, 0.15) is 0 Å². The number of likely N-dealkylation sites (N-methyl/N-ethyl adjacent to an activating group) is 1. The van der Waals surface area contributed by atoms with E-state index in [1.165, 1.54) is 25.7 Å². The van der Waals surface area contributed by atoms with Crippen molar-refractivity contribution in [2.24, 2.45) is 5.92 Å². The molecular formula is C15H28ClN3O2. The Morgan fingerprint density at radius 3 is 2.05 bits per heavy atom. The molecule has 5 nitrogen and oxygen atoms in total. The zero-order valence-electron chi connectivity index (χ0n) is 13.0. The molecule has 6 heteroatoms. The standard InChI is InChI=1S/C15H27N3O2.ClH/c1-16-12-15(20)18-10-8-17(9-11-18)14(19)7-6-13-4-2-3-5-13;/h13,16H,2-12H2,1H3;1H. The molecule has 21 heavy (non-hydrogen) atoms. The van der Waals surface area contributed by atoms with E-state index in [1.54, 1.807) is 7.05 Å². The maximum Gasteiger partial charge on any atom is 0.236 e. The van der Waals surface area contributed by atoms with E-state index in [2.05, 4.69) is 5.32 Å². The van der Waals surface area contributed by atoms with Crippen LogP contribution in [0.4, 0.5) is 0 Å². The molecule has 1 aliphatic heterocycles. The Labute approximate surface area is 133 Å². The van der Waals surface area contributed by atoms with Gasteiger partial charge in [-0.05, 0) is 19.4 Å². The minimum Gasteiger partial charge on any atom is -0.339 e. The molecule has 0 unspecified atom stereocenters. The fraction of sp³-hybridized carbons (Fsp3) is 0.867. The van der Waals surface area contributed by atoms with Crippen LogP contribution in [0.25, 0.3) is 0 Å². The largest absolute Gasteiger partial charge is 0.339 e. The second kappa shape index (κ2) is 9.26. The molecular weight excluding hydrogens is 290 g/mol. The molecule has 2 amide bonds. The Hall–Kier alpha value is -0.810. The third kappa shape index (κ3) is 5.47. The second-order valence-electron chi connectivity index (χ2n) is 5.98. The maximum atomic E-state index is 12.2. The summed E-state index contributed by atoms with van der Waals surface area (Å²) in [6.45, 7) is 3.12. The third-order valence-corrected chi connectivity index (χ3v) is 4.55. The van der Waals surface area contributed by atoms with Crippen molar-refractivity contribution in [2.45, 2.75) is 38.5 Å². The quantitative estimate of drug-likeness (QED) is 0.831. The van der Waals surface area contributed by atoms with Gasteiger partial charge in [0.25, 0.3) is 0 Å². The number of carbonyl (C=O) groups is 2. The van der Waals surface area contributed by atoms with Crippen molar-refractivity contribution in [3.8, 4) is 0 Å². The zero-order chi connectivity index (χ0) is 14.4. The van der Waals surface area contributed by atoms with Crippen molar-refractivity contribution in [3.63, 3.8) is 0 Å². The summed E-state index contributed by atoms with van der Waals surface area (Å²) in [5.41, 5.74) is 0. The number of nitrogens with one attached hydrogen (secondary N) is 1. The van der Waals surface area contributed by atoms with Gasteiger partial charge in [0.05, 0.1) is 6.54 Å². The molecule has 1 saturated carbocycles. The van der Waals surface area contributed by atoms with Crippen molar-refractivity contribution in [1.29, 1.82) is 0 Å². The average Bonchev–Trinajstić information content (AvgIpc) is 2.98. The summed E-state index contributed by atoms with van der Waals surface area (Å²) in [5.74, 6) is 1.18. The number of carbonyl (C=O) groups excluding carboxylic acids is 2. The van der Waals surface area contributed by atoms with Crippen LogP contribution in [0.2, 0.25) is 0 Å². The number of nitrogens with zero attached hydrogens (tertiary/aromatic N) is 2. The molecule has 0 bridgehead atoms. The summed E-state index contributed by atoms with van der Waals surface area (Å²) in [5, 5.41) is 2.88. The van der Waals surface area contributed by atoms with E-state index in [4.69, 9.17) is 0 Å². The van der Waals surface area contributed by atoms with Crippen LogP contribution in [-0.4, -0.2) is 61.4 Å². The summed E-state index contributed by atoms with van der Waals surface area (Å²) in [4.78, 5) is 27.7. The van der Waals surface area contributed by atoms with Crippen LogP contribution < -0.4 is 5.32 Å².